The molecule has 3 aromatic rings. The average Bonchev–Trinajstić information content (AvgIpc) is 3.19. The monoisotopic (exact) mass is 391 g/mol. The molecule has 0 bridgehead atoms. The minimum absolute atomic E-state index is 0.143. The van der Waals surface area contributed by atoms with Crippen LogP contribution >= 0.6 is 0 Å². The lowest BCUT2D eigenvalue weighted by Gasteiger charge is -2.32. The van der Waals surface area contributed by atoms with Crippen LogP contribution in [0.15, 0.2) is 59.0 Å². The first-order valence-electron chi connectivity index (χ1n) is 9.96. The minimum atomic E-state index is -0.295. The van der Waals surface area contributed by atoms with Crippen LogP contribution in [-0.4, -0.2) is 42.9 Å². The zero-order chi connectivity index (χ0) is 20.2. The van der Waals surface area contributed by atoms with Gasteiger partial charge in [-0.2, -0.15) is 0 Å². The molecule has 1 saturated heterocycles. The number of likely N-dealkylation sites (N-methyl/N-ethyl adjacent to an activating group) is 1. The highest BCUT2D eigenvalue weighted by molar-refractivity contribution is 6.04. The van der Waals surface area contributed by atoms with Crippen molar-refractivity contribution in [3.8, 4) is 0 Å². The molecule has 1 aromatic heterocycles. The molecule has 29 heavy (non-hydrogen) atoms. The molecule has 0 spiro atoms. The predicted octanol–water partition coefficient (Wildman–Crippen LogP) is 3.44. The highest BCUT2D eigenvalue weighted by Crippen LogP contribution is 2.20. The van der Waals surface area contributed by atoms with Gasteiger partial charge in [0.1, 0.15) is 5.58 Å². The number of fused-ring (bicyclic) bond motifs is 1. The molecule has 6 heteroatoms. The van der Waals surface area contributed by atoms with E-state index in [0.717, 1.165) is 36.9 Å². The van der Waals surface area contributed by atoms with E-state index in [1.807, 2.05) is 60.5 Å². The topological polar surface area (TPSA) is 74.6 Å². The number of amides is 2. The summed E-state index contributed by atoms with van der Waals surface area (Å²) in [6.45, 7) is 1.59. The van der Waals surface area contributed by atoms with Crippen LogP contribution in [0, 0.1) is 0 Å². The maximum Gasteiger partial charge on any atom is 0.291 e. The van der Waals surface area contributed by atoms with Crippen LogP contribution in [0.3, 0.4) is 0 Å². The van der Waals surface area contributed by atoms with Crippen molar-refractivity contribution in [2.24, 2.45) is 0 Å². The number of anilines is 1. The van der Waals surface area contributed by atoms with E-state index in [1.54, 1.807) is 6.07 Å². The molecule has 1 aliphatic heterocycles. The zero-order valence-electron chi connectivity index (χ0n) is 16.5. The Bertz CT molecular complexity index is 977. The van der Waals surface area contributed by atoms with Gasteiger partial charge in [0.15, 0.2) is 5.76 Å². The first-order chi connectivity index (χ1) is 14.1. The van der Waals surface area contributed by atoms with E-state index in [1.165, 1.54) is 0 Å². The molecule has 0 saturated carbocycles. The molecule has 0 radical (unpaired) electrons. The fourth-order valence-electron chi connectivity index (χ4n) is 3.72. The Balaban J connectivity index is 1.36. The number of benzene rings is 2. The van der Waals surface area contributed by atoms with Crippen molar-refractivity contribution in [2.45, 2.75) is 25.3 Å². The van der Waals surface area contributed by atoms with E-state index < -0.39 is 0 Å². The van der Waals surface area contributed by atoms with Gasteiger partial charge in [0.2, 0.25) is 5.91 Å². The Morgan fingerprint density at radius 2 is 1.93 bits per heavy atom. The van der Waals surface area contributed by atoms with Crippen molar-refractivity contribution in [1.82, 2.24) is 10.2 Å². The molecular weight excluding hydrogens is 366 g/mol. The van der Waals surface area contributed by atoms with Gasteiger partial charge in [-0.05, 0) is 49.7 Å². The summed E-state index contributed by atoms with van der Waals surface area (Å²) in [6.07, 6.45) is 2.51. The second-order valence-corrected chi connectivity index (χ2v) is 7.44. The van der Waals surface area contributed by atoms with E-state index in [2.05, 4.69) is 10.6 Å². The number of rotatable bonds is 5. The smallest absolute Gasteiger partial charge is 0.291 e. The fourth-order valence-corrected chi connectivity index (χ4v) is 3.72. The largest absolute Gasteiger partial charge is 0.451 e. The van der Waals surface area contributed by atoms with Crippen LogP contribution in [0.4, 0.5) is 5.69 Å². The van der Waals surface area contributed by atoms with Crippen LogP contribution in [0.2, 0.25) is 0 Å². The molecule has 2 aromatic carbocycles. The number of furan rings is 1. The molecule has 150 valence electrons. The second-order valence-electron chi connectivity index (χ2n) is 7.44. The third-order valence-electron chi connectivity index (χ3n) is 5.40. The molecule has 1 fully saturated rings. The third-order valence-corrected chi connectivity index (χ3v) is 5.40. The lowest BCUT2D eigenvalue weighted by atomic mass is 10.0. The Kier molecular flexibility index (Phi) is 5.62. The maximum absolute atomic E-state index is 12.6. The van der Waals surface area contributed by atoms with Crippen LogP contribution < -0.4 is 10.6 Å². The molecule has 1 atom stereocenters. The number of carbonyl (C=O) groups excluding carboxylic acids is 2. The van der Waals surface area contributed by atoms with E-state index >= 15 is 0 Å². The molecule has 1 aliphatic rings. The highest BCUT2D eigenvalue weighted by atomic mass is 16.3. The van der Waals surface area contributed by atoms with Crippen molar-refractivity contribution >= 4 is 28.5 Å². The van der Waals surface area contributed by atoms with Gasteiger partial charge in [-0.25, -0.2) is 0 Å². The summed E-state index contributed by atoms with van der Waals surface area (Å²) in [4.78, 5) is 27.0. The van der Waals surface area contributed by atoms with E-state index in [0.29, 0.717) is 23.7 Å². The van der Waals surface area contributed by atoms with Crippen molar-refractivity contribution < 1.29 is 14.0 Å². The molecule has 2 N–H and O–H groups in total. The van der Waals surface area contributed by atoms with Gasteiger partial charge in [0, 0.05) is 30.2 Å². The number of nitrogens with zero attached hydrogens (tertiary/aromatic N) is 1. The van der Waals surface area contributed by atoms with Gasteiger partial charge in [-0.3, -0.25) is 9.59 Å². The predicted molar refractivity (Wildman–Crippen MR) is 113 cm³/mol. The normalized spacial score (nSPS) is 16.7. The molecule has 4 rings (SSSR count). The summed E-state index contributed by atoms with van der Waals surface area (Å²) >= 11 is 0. The molecule has 1 unspecified atom stereocenters. The third kappa shape index (κ3) is 4.49. The van der Waals surface area contributed by atoms with Crippen molar-refractivity contribution in [2.75, 3.05) is 25.5 Å². The molecular formula is C23H25N3O3. The highest BCUT2D eigenvalue weighted by Gasteiger charge is 2.22. The first kappa shape index (κ1) is 19.2. The zero-order valence-corrected chi connectivity index (χ0v) is 16.5. The lowest BCUT2D eigenvalue weighted by molar-refractivity contribution is -0.131. The first-order valence-corrected chi connectivity index (χ1v) is 9.96. The average molecular weight is 391 g/mol. The SMILES string of the molecule is CNC1CCCN(C(=O)Cc2ccc(NC(=O)c3cc4ccccc4o3)cc2)C1. The van der Waals surface area contributed by atoms with E-state index in [-0.39, 0.29) is 17.6 Å². The Hall–Kier alpha value is -3.12. The van der Waals surface area contributed by atoms with E-state index in [9.17, 15) is 9.59 Å². The summed E-state index contributed by atoms with van der Waals surface area (Å²) in [7, 11) is 1.94. The van der Waals surface area contributed by atoms with Crippen LogP contribution in [0.25, 0.3) is 11.0 Å². The van der Waals surface area contributed by atoms with Crippen LogP contribution in [-0.2, 0) is 11.2 Å². The van der Waals surface area contributed by atoms with Gasteiger partial charge >= 0.3 is 0 Å². The summed E-state index contributed by atoms with van der Waals surface area (Å²) in [5.41, 5.74) is 2.29. The number of para-hydroxylation sites is 1. The van der Waals surface area contributed by atoms with E-state index in [4.69, 9.17) is 4.42 Å². The van der Waals surface area contributed by atoms with Crippen molar-refractivity contribution in [1.29, 1.82) is 0 Å². The fraction of sp³-hybridized carbons (Fsp3) is 0.304. The maximum atomic E-state index is 12.6. The number of likely N-dealkylation sites (tertiary alicyclic amines) is 1. The van der Waals surface area contributed by atoms with Gasteiger partial charge < -0.3 is 20.0 Å². The number of hydrogen-bond donors (Lipinski definition) is 2. The number of piperidine rings is 1. The van der Waals surface area contributed by atoms with Crippen LogP contribution in [0.5, 0.6) is 0 Å². The Morgan fingerprint density at radius 1 is 1.14 bits per heavy atom. The van der Waals surface area contributed by atoms with Gasteiger partial charge in [0.05, 0.1) is 6.42 Å². The molecule has 6 nitrogen and oxygen atoms in total. The molecule has 2 heterocycles. The van der Waals surface area contributed by atoms with Crippen molar-refractivity contribution in [3.63, 3.8) is 0 Å². The number of carbonyl (C=O) groups is 2. The summed E-state index contributed by atoms with van der Waals surface area (Å²) in [5, 5.41) is 6.99. The van der Waals surface area contributed by atoms with Gasteiger partial charge in [-0.15, -0.1) is 0 Å². The summed E-state index contributed by atoms with van der Waals surface area (Å²) < 4.78 is 5.60. The van der Waals surface area contributed by atoms with Crippen molar-refractivity contribution in [3.05, 3.63) is 65.9 Å². The number of nitrogens with one attached hydrogen (secondary N) is 2. The van der Waals surface area contributed by atoms with Gasteiger partial charge in [0.25, 0.3) is 5.91 Å². The lowest BCUT2D eigenvalue weighted by Crippen LogP contribution is -2.47. The summed E-state index contributed by atoms with van der Waals surface area (Å²) in [5.74, 6) is 0.120. The molecule has 0 aliphatic carbocycles. The molecule has 2 amide bonds. The second kappa shape index (κ2) is 8.49. The van der Waals surface area contributed by atoms with Crippen LogP contribution in [0.1, 0.15) is 29.0 Å². The minimum Gasteiger partial charge on any atom is -0.451 e. The standard InChI is InChI=1S/C23H25N3O3/c1-24-19-6-4-12-26(15-19)22(27)13-16-8-10-18(11-9-16)25-23(28)21-14-17-5-2-3-7-20(17)29-21/h2-3,5,7-11,14,19,24H,4,6,12-13,15H2,1H3,(H,25,28). The quantitative estimate of drug-likeness (QED) is 0.699. The Morgan fingerprint density at radius 3 is 2.69 bits per heavy atom. The Labute approximate surface area is 169 Å². The van der Waals surface area contributed by atoms with Gasteiger partial charge in [-0.1, -0.05) is 30.3 Å². The number of hydrogen-bond acceptors (Lipinski definition) is 4. The summed E-state index contributed by atoms with van der Waals surface area (Å²) in [6, 6.07) is 17.0.